The molecule has 12 nitrogen and oxygen atoms in total. The van der Waals surface area contributed by atoms with Gasteiger partial charge in [-0.3, -0.25) is 9.59 Å². The zero-order valence-electron chi connectivity index (χ0n) is 26.7. The van der Waals surface area contributed by atoms with Gasteiger partial charge in [-0.15, -0.1) is 0 Å². The van der Waals surface area contributed by atoms with E-state index in [-0.39, 0.29) is 23.4 Å². The summed E-state index contributed by atoms with van der Waals surface area (Å²) in [4.78, 5) is 41.2. The lowest BCUT2D eigenvalue weighted by molar-refractivity contribution is -0.119. The summed E-state index contributed by atoms with van der Waals surface area (Å²) in [7, 11) is -1.25. The van der Waals surface area contributed by atoms with Crippen LogP contribution in [0, 0.1) is 5.92 Å². The van der Waals surface area contributed by atoms with Crippen molar-refractivity contribution in [2.24, 2.45) is 5.92 Å². The van der Waals surface area contributed by atoms with Crippen molar-refractivity contribution in [3.8, 4) is 11.3 Å². The van der Waals surface area contributed by atoms with E-state index in [4.69, 9.17) is 14.5 Å². The lowest BCUT2D eigenvalue weighted by Gasteiger charge is -2.28. The van der Waals surface area contributed by atoms with Crippen molar-refractivity contribution in [1.82, 2.24) is 24.8 Å². The van der Waals surface area contributed by atoms with Gasteiger partial charge < -0.3 is 34.9 Å². The van der Waals surface area contributed by atoms with Gasteiger partial charge in [-0.2, -0.15) is 0 Å². The fourth-order valence-electron chi connectivity index (χ4n) is 5.63. The first-order valence-electron chi connectivity index (χ1n) is 15.9. The van der Waals surface area contributed by atoms with E-state index in [0.717, 1.165) is 60.2 Å². The molecule has 3 N–H and O–H groups in total. The van der Waals surface area contributed by atoms with E-state index in [0.29, 0.717) is 44.5 Å². The Balaban J connectivity index is 1.19. The number of morpholine rings is 1. The molecule has 2 fully saturated rings. The number of ether oxygens (including phenoxy) is 2. The summed E-state index contributed by atoms with van der Waals surface area (Å²) in [5.74, 6) is 0.465. The van der Waals surface area contributed by atoms with Crippen LogP contribution in [-0.4, -0.2) is 85.4 Å². The molecule has 3 aromatic heterocycles. The van der Waals surface area contributed by atoms with E-state index >= 15 is 0 Å². The van der Waals surface area contributed by atoms with Gasteiger partial charge in [0.25, 0.3) is 5.91 Å². The summed E-state index contributed by atoms with van der Waals surface area (Å²) in [6.45, 7) is 12.5. The summed E-state index contributed by atoms with van der Waals surface area (Å²) in [5, 5.41) is 9.00. The molecule has 242 valence electrons. The molecule has 2 aliphatic rings. The Morgan fingerprint density at radius 2 is 1.80 bits per heavy atom. The number of nitrogens with zero attached hydrogens (tertiary/aromatic N) is 5. The lowest BCUT2D eigenvalue weighted by atomic mass is 10.1. The average molecular weight is 643 g/mol. The number of anilines is 3. The van der Waals surface area contributed by atoms with Crippen LogP contribution in [0.25, 0.3) is 22.3 Å². The third-order valence-corrected chi connectivity index (χ3v) is 10.0. The molecule has 2 aliphatic heterocycles. The molecule has 4 aromatic rings. The van der Waals surface area contributed by atoms with Crippen LogP contribution in [0.4, 0.5) is 17.2 Å². The number of hydrogen-bond donors (Lipinski definition) is 3. The molecule has 46 heavy (non-hydrogen) atoms. The van der Waals surface area contributed by atoms with Gasteiger partial charge in [0, 0.05) is 40.0 Å². The first-order chi connectivity index (χ1) is 22.2. The fourth-order valence-corrected chi connectivity index (χ4v) is 6.39. The minimum atomic E-state index is -1.25. The van der Waals surface area contributed by atoms with E-state index in [1.54, 1.807) is 18.5 Å². The molecule has 0 aliphatic carbocycles. The Morgan fingerprint density at radius 3 is 2.50 bits per heavy atom. The van der Waals surface area contributed by atoms with Gasteiger partial charge in [-0.25, -0.2) is 15.0 Å². The molecule has 0 spiro atoms. The van der Waals surface area contributed by atoms with Gasteiger partial charge in [0.15, 0.2) is 5.82 Å². The van der Waals surface area contributed by atoms with Gasteiger partial charge in [-0.1, -0.05) is 31.8 Å². The quantitative estimate of drug-likeness (QED) is 0.160. The van der Waals surface area contributed by atoms with Crippen molar-refractivity contribution in [3.63, 3.8) is 0 Å². The third kappa shape index (κ3) is 7.61. The second-order valence-corrected chi connectivity index (χ2v) is 18.6. The molecule has 0 bridgehead atoms. The van der Waals surface area contributed by atoms with Gasteiger partial charge in [0.2, 0.25) is 5.91 Å². The zero-order valence-corrected chi connectivity index (χ0v) is 27.7. The van der Waals surface area contributed by atoms with Crippen molar-refractivity contribution in [3.05, 3.63) is 60.7 Å². The van der Waals surface area contributed by atoms with Crippen molar-refractivity contribution < 1.29 is 19.1 Å². The molecule has 13 heteroatoms. The van der Waals surface area contributed by atoms with Crippen LogP contribution in [-0.2, 0) is 21.0 Å². The van der Waals surface area contributed by atoms with E-state index in [9.17, 15) is 9.59 Å². The minimum Gasteiger partial charge on any atom is -0.378 e. The van der Waals surface area contributed by atoms with Crippen LogP contribution in [0.1, 0.15) is 16.9 Å². The van der Waals surface area contributed by atoms with Gasteiger partial charge >= 0.3 is 0 Å². The van der Waals surface area contributed by atoms with Crippen LogP contribution in [0.2, 0.25) is 25.7 Å². The monoisotopic (exact) mass is 642 g/mol. The average Bonchev–Trinajstić information content (AvgIpc) is 3.73. The number of carbonyl (C=O) groups excluding carboxylic acids is 2. The number of aromatic nitrogens is 4. The second kappa shape index (κ2) is 14.1. The normalized spacial score (nSPS) is 16.9. The zero-order chi connectivity index (χ0) is 32.1. The van der Waals surface area contributed by atoms with Crippen LogP contribution >= 0.6 is 0 Å². The smallest absolute Gasteiger partial charge is 0.274 e. The first kappa shape index (κ1) is 31.8. The first-order valence-corrected chi connectivity index (χ1v) is 19.6. The highest BCUT2D eigenvalue weighted by molar-refractivity contribution is 6.76. The summed E-state index contributed by atoms with van der Waals surface area (Å²) in [6, 6.07) is 14.2. The highest BCUT2D eigenvalue weighted by Crippen LogP contribution is 2.33. The Labute approximate surface area is 269 Å². The Morgan fingerprint density at radius 1 is 1.02 bits per heavy atom. The maximum absolute atomic E-state index is 13.0. The SMILES string of the molecule is C[Si](C)(C)CCOCn1c(-c2ccc(NC(=O)c3ccc(NC(=O)[C@H]4CCNC4)cn3)cc2)cc2ncnc(N3CCOCC3)c21. The molecule has 5 heterocycles. The Bertz CT molecular complexity index is 1660. The number of fused-ring (bicyclic) bond motifs is 1. The van der Waals surface area contributed by atoms with Crippen molar-refractivity contribution in [2.45, 2.75) is 38.8 Å². The summed E-state index contributed by atoms with van der Waals surface area (Å²) >= 11 is 0. The molecule has 0 saturated carbocycles. The van der Waals surface area contributed by atoms with E-state index in [2.05, 4.69) is 61.1 Å². The molecule has 1 atom stereocenters. The number of pyridine rings is 1. The van der Waals surface area contributed by atoms with E-state index in [1.807, 2.05) is 24.3 Å². The molecule has 2 amide bonds. The minimum absolute atomic E-state index is 0.0365. The number of rotatable bonds is 11. The predicted octanol–water partition coefficient (Wildman–Crippen LogP) is 4.44. The molecule has 1 aromatic carbocycles. The van der Waals surface area contributed by atoms with Gasteiger partial charge in [0.05, 0.1) is 42.2 Å². The van der Waals surface area contributed by atoms with Gasteiger partial charge in [0.1, 0.15) is 24.3 Å². The van der Waals surface area contributed by atoms with Crippen LogP contribution in [0.3, 0.4) is 0 Å². The fraction of sp³-hybridized carbons (Fsp3) is 0.424. The number of hydrogen-bond acceptors (Lipinski definition) is 9. The number of nitrogens with one attached hydrogen (secondary N) is 3. The Kier molecular flexibility index (Phi) is 9.73. The standard InChI is InChI=1S/C33H42N8O4Si/c1-46(2,3)17-16-45-22-41-29(18-28-30(41)31(37-21-36-28)40-12-14-44-15-13-40)23-4-6-25(7-5-23)38-33(43)27-9-8-26(20-35-27)39-32(42)24-10-11-34-19-24/h4-9,18,20-21,24,34H,10-17,19,22H2,1-3H3,(H,38,43)(H,39,42)/t24-/m0/s1. The third-order valence-electron chi connectivity index (χ3n) is 8.33. The molecule has 2 saturated heterocycles. The largest absolute Gasteiger partial charge is 0.378 e. The predicted molar refractivity (Wildman–Crippen MR) is 182 cm³/mol. The van der Waals surface area contributed by atoms with Gasteiger partial charge in [-0.05, 0) is 54.9 Å². The molecular formula is C33H42N8O4Si. The van der Waals surface area contributed by atoms with Crippen molar-refractivity contribution >= 4 is 48.1 Å². The molecular weight excluding hydrogens is 601 g/mol. The summed E-state index contributed by atoms with van der Waals surface area (Å²) in [5.41, 5.74) is 5.19. The highest BCUT2D eigenvalue weighted by atomic mass is 28.3. The van der Waals surface area contributed by atoms with E-state index in [1.165, 1.54) is 6.20 Å². The summed E-state index contributed by atoms with van der Waals surface area (Å²) < 4.78 is 14.0. The topological polar surface area (TPSA) is 136 Å². The van der Waals surface area contributed by atoms with Crippen LogP contribution < -0.4 is 20.9 Å². The van der Waals surface area contributed by atoms with Crippen molar-refractivity contribution in [1.29, 1.82) is 0 Å². The summed E-state index contributed by atoms with van der Waals surface area (Å²) in [6.07, 6.45) is 3.95. The number of amides is 2. The molecule has 0 unspecified atom stereocenters. The number of benzene rings is 1. The Hall–Kier alpha value is -4.17. The van der Waals surface area contributed by atoms with Crippen LogP contribution in [0.15, 0.2) is 55.0 Å². The second-order valence-electron chi connectivity index (χ2n) is 13.0. The number of carbonyl (C=O) groups is 2. The van der Waals surface area contributed by atoms with Crippen LogP contribution in [0.5, 0.6) is 0 Å². The maximum atomic E-state index is 13.0. The lowest BCUT2D eigenvalue weighted by Crippen LogP contribution is -2.37. The van der Waals surface area contributed by atoms with E-state index < -0.39 is 8.07 Å². The highest BCUT2D eigenvalue weighted by Gasteiger charge is 2.24. The van der Waals surface area contributed by atoms with Crippen molar-refractivity contribution in [2.75, 3.05) is 61.5 Å². The maximum Gasteiger partial charge on any atom is 0.274 e. The molecule has 0 radical (unpaired) electrons. The molecule has 6 rings (SSSR count).